The Morgan fingerprint density at radius 1 is 0.690 bits per heavy atom. The molecule has 0 spiro atoms. The molecule has 0 aromatic carbocycles. The number of rotatable bonds is 5. The first-order chi connectivity index (χ1) is 13.5. The Morgan fingerprint density at radius 2 is 1.10 bits per heavy atom. The number of hydrogen-bond acceptors (Lipinski definition) is 4. The van der Waals surface area contributed by atoms with Crippen molar-refractivity contribution in [2.24, 2.45) is 11.8 Å². The summed E-state index contributed by atoms with van der Waals surface area (Å²) in [5, 5.41) is 9.93. The molecule has 5 rings (SSSR count). The molecule has 0 amide bonds. The number of likely N-dealkylation sites (tertiary alicyclic amines) is 3. The van der Waals surface area contributed by atoms with Gasteiger partial charge in [0, 0.05) is 44.3 Å². The molecule has 0 aromatic heterocycles. The van der Waals surface area contributed by atoms with E-state index in [1.54, 1.807) is 0 Å². The molecule has 0 atom stereocenters. The Bertz CT molecular complexity index is 476. The van der Waals surface area contributed by atoms with E-state index in [1.165, 1.54) is 32.4 Å². The van der Waals surface area contributed by atoms with Gasteiger partial charge in [0.05, 0.1) is 5.60 Å². The van der Waals surface area contributed by atoms with E-state index in [4.69, 9.17) is 0 Å². The number of nitrogens with zero attached hydrogens (tertiary/aromatic N) is 3. The second kappa shape index (κ2) is 9.10. The van der Waals surface area contributed by atoms with Crippen LogP contribution in [-0.2, 0) is 0 Å². The summed E-state index contributed by atoms with van der Waals surface area (Å²) >= 11 is 0. The summed E-state index contributed by atoms with van der Waals surface area (Å²) in [6.07, 6.45) is 6.17. The number of β-amino-alcohol motifs (C(OH)–C–C–N with tert-alkyl or cyclic N) is 1. The van der Waals surface area contributed by atoms with Crippen molar-refractivity contribution in [1.82, 2.24) is 14.7 Å². The summed E-state index contributed by atoms with van der Waals surface area (Å²) < 4.78 is 13.7. The normalized spacial score (nSPS) is 28.7. The predicted octanol–water partition coefficient (Wildman–Crippen LogP) is 3.78. The van der Waals surface area contributed by atoms with Gasteiger partial charge in [-0.3, -0.25) is 9.80 Å². The van der Waals surface area contributed by atoms with Crippen molar-refractivity contribution in [3.05, 3.63) is 0 Å². The molecule has 0 aromatic rings. The van der Waals surface area contributed by atoms with Gasteiger partial charge in [-0.05, 0) is 98.6 Å². The maximum atomic E-state index is 13.7. The van der Waals surface area contributed by atoms with Gasteiger partial charge >= 0.3 is 0 Å². The predicted molar refractivity (Wildman–Crippen MR) is 119 cm³/mol. The molecule has 2 saturated carbocycles. The molecule has 3 heterocycles. The smallest absolute Gasteiger partial charge is 0.139 e. The van der Waals surface area contributed by atoms with E-state index in [0.717, 1.165) is 32.0 Å². The topological polar surface area (TPSA) is 30.0 Å². The van der Waals surface area contributed by atoms with Crippen LogP contribution in [0.2, 0.25) is 0 Å². The van der Waals surface area contributed by atoms with E-state index in [2.05, 4.69) is 56.2 Å². The van der Waals surface area contributed by atoms with Crippen LogP contribution in [0.15, 0.2) is 0 Å². The van der Waals surface area contributed by atoms with Gasteiger partial charge in [-0.2, -0.15) is 0 Å². The third-order valence-electron chi connectivity index (χ3n) is 7.61. The fourth-order valence-electron chi connectivity index (χ4n) is 4.61. The van der Waals surface area contributed by atoms with Gasteiger partial charge in [0.2, 0.25) is 0 Å². The average molecular weight is 412 g/mol. The molecule has 2 aliphatic carbocycles. The zero-order chi connectivity index (χ0) is 21.4. The summed E-state index contributed by atoms with van der Waals surface area (Å²) in [5.74, 6) is 1.05. The van der Waals surface area contributed by atoms with Crippen LogP contribution in [0.3, 0.4) is 0 Å². The average Bonchev–Trinajstić information content (AvgIpc) is 3.39. The van der Waals surface area contributed by atoms with Crippen molar-refractivity contribution in [1.29, 1.82) is 0 Å². The van der Waals surface area contributed by atoms with E-state index in [9.17, 15) is 9.50 Å². The Morgan fingerprint density at radius 3 is 1.38 bits per heavy atom. The fourth-order valence-corrected chi connectivity index (χ4v) is 4.61. The van der Waals surface area contributed by atoms with Crippen molar-refractivity contribution in [2.45, 2.75) is 103 Å². The van der Waals surface area contributed by atoms with Gasteiger partial charge in [0.25, 0.3) is 0 Å². The van der Waals surface area contributed by atoms with E-state index in [1.807, 2.05) is 0 Å². The van der Waals surface area contributed by atoms with Crippen LogP contribution in [0, 0.1) is 11.8 Å². The van der Waals surface area contributed by atoms with Gasteiger partial charge in [0.1, 0.15) is 5.67 Å². The SMILES string of the molecule is CC(C)N1CC(F)(C2CC2)C1.CC(C)N1CC(O)(C2CC2)C1.CC(C)N1CCC1. The number of aliphatic hydroxyl groups is 1. The summed E-state index contributed by atoms with van der Waals surface area (Å²) in [4.78, 5) is 7.01. The maximum absolute atomic E-state index is 13.7. The first-order valence-electron chi connectivity index (χ1n) is 12.2. The highest BCUT2D eigenvalue weighted by atomic mass is 19.1. The highest BCUT2D eigenvalue weighted by Gasteiger charge is 2.54. The van der Waals surface area contributed by atoms with Crippen molar-refractivity contribution < 1.29 is 9.50 Å². The van der Waals surface area contributed by atoms with E-state index in [-0.39, 0.29) is 5.60 Å². The minimum atomic E-state index is -0.787. The summed E-state index contributed by atoms with van der Waals surface area (Å²) in [6, 6.07) is 1.92. The molecule has 3 aliphatic heterocycles. The van der Waals surface area contributed by atoms with Crippen LogP contribution in [0.5, 0.6) is 0 Å². The Balaban J connectivity index is 0.000000128. The summed E-state index contributed by atoms with van der Waals surface area (Å²) in [6.45, 7) is 19.0. The van der Waals surface area contributed by atoms with Gasteiger partial charge < -0.3 is 10.0 Å². The number of alkyl halides is 1. The molecule has 0 unspecified atom stereocenters. The van der Waals surface area contributed by atoms with Crippen LogP contribution in [0.4, 0.5) is 4.39 Å². The van der Waals surface area contributed by atoms with Gasteiger partial charge in [-0.25, -0.2) is 4.39 Å². The second-order valence-electron chi connectivity index (χ2n) is 11.2. The van der Waals surface area contributed by atoms with Crippen molar-refractivity contribution in [3.63, 3.8) is 0 Å². The Labute approximate surface area is 178 Å². The van der Waals surface area contributed by atoms with E-state index >= 15 is 0 Å². The van der Waals surface area contributed by atoms with Crippen LogP contribution < -0.4 is 0 Å². The van der Waals surface area contributed by atoms with Crippen LogP contribution in [0.25, 0.3) is 0 Å². The molecule has 29 heavy (non-hydrogen) atoms. The van der Waals surface area contributed by atoms with Gasteiger partial charge in [0.15, 0.2) is 0 Å². The van der Waals surface area contributed by atoms with Crippen LogP contribution in [-0.4, -0.2) is 88.5 Å². The quantitative estimate of drug-likeness (QED) is 0.746. The molecular formula is C24H46FN3O. The second-order valence-corrected chi connectivity index (χ2v) is 11.2. The standard InChI is InChI=1S/C9H16FN.C9H17NO.C6H13N/c1-7(2)11-5-9(10,6-11)8-3-4-8;1-7(2)10-5-9(11,6-10)8-3-4-8;1-6(2)7-4-3-5-7/h7-8H,3-6H2,1-2H3;7-8,11H,3-6H2,1-2H3;6H,3-5H2,1-2H3. The number of hydrogen-bond donors (Lipinski definition) is 1. The summed E-state index contributed by atoms with van der Waals surface area (Å²) in [7, 11) is 0. The zero-order valence-electron chi connectivity index (χ0n) is 19.8. The monoisotopic (exact) mass is 411 g/mol. The lowest BCUT2D eigenvalue weighted by atomic mass is 9.88. The lowest BCUT2D eigenvalue weighted by Gasteiger charge is -2.49. The first kappa shape index (κ1) is 23.4. The third kappa shape index (κ3) is 5.93. The zero-order valence-corrected chi connectivity index (χ0v) is 19.8. The van der Waals surface area contributed by atoms with Gasteiger partial charge in [-0.15, -0.1) is 0 Å². The third-order valence-corrected chi connectivity index (χ3v) is 7.61. The van der Waals surface area contributed by atoms with Crippen LogP contribution in [0.1, 0.15) is 73.6 Å². The molecule has 5 heteroatoms. The molecule has 0 bridgehead atoms. The molecule has 1 N–H and O–H groups in total. The Kier molecular flexibility index (Phi) is 7.35. The minimum absolute atomic E-state index is 0.287. The van der Waals surface area contributed by atoms with Crippen molar-refractivity contribution >= 4 is 0 Å². The van der Waals surface area contributed by atoms with E-state index in [0.29, 0.717) is 37.0 Å². The molecule has 5 aliphatic rings. The highest BCUT2D eigenvalue weighted by Crippen LogP contribution is 2.47. The largest absolute Gasteiger partial charge is 0.387 e. The van der Waals surface area contributed by atoms with Crippen molar-refractivity contribution in [2.75, 3.05) is 39.3 Å². The summed E-state index contributed by atoms with van der Waals surface area (Å²) in [5.41, 5.74) is -1.07. The molecule has 4 nitrogen and oxygen atoms in total. The van der Waals surface area contributed by atoms with Crippen molar-refractivity contribution in [3.8, 4) is 0 Å². The fraction of sp³-hybridized carbons (Fsp3) is 1.00. The maximum Gasteiger partial charge on any atom is 0.139 e. The van der Waals surface area contributed by atoms with E-state index < -0.39 is 5.67 Å². The molecule has 0 radical (unpaired) electrons. The highest BCUT2D eigenvalue weighted by molar-refractivity contribution is 5.06. The molecule has 170 valence electrons. The minimum Gasteiger partial charge on any atom is -0.387 e. The van der Waals surface area contributed by atoms with Gasteiger partial charge in [-0.1, -0.05) is 0 Å². The Hall–Kier alpha value is -0.230. The lowest BCUT2D eigenvalue weighted by molar-refractivity contribution is -0.124. The lowest BCUT2D eigenvalue weighted by Crippen LogP contribution is -2.64. The molecule has 5 fully saturated rings. The molecule has 3 saturated heterocycles. The first-order valence-corrected chi connectivity index (χ1v) is 12.2. The molecular weight excluding hydrogens is 365 g/mol. The number of halogens is 1. The van der Waals surface area contributed by atoms with Crippen LogP contribution >= 0.6 is 0 Å².